The monoisotopic (exact) mass is 458 g/mol. The van der Waals surface area contributed by atoms with E-state index in [9.17, 15) is 13.2 Å². The predicted octanol–water partition coefficient (Wildman–Crippen LogP) is 5.18. The van der Waals surface area contributed by atoms with Crippen LogP contribution in [0.5, 0.6) is 11.5 Å². The van der Waals surface area contributed by atoms with Gasteiger partial charge in [0.25, 0.3) is 0 Å². The fourth-order valence-electron chi connectivity index (χ4n) is 3.68. The molecule has 9 heteroatoms. The number of aromatic nitrogens is 2. The highest BCUT2D eigenvalue weighted by Gasteiger charge is 2.27. The molecule has 33 heavy (non-hydrogen) atoms. The van der Waals surface area contributed by atoms with Gasteiger partial charge in [-0.25, -0.2) is 0 Å². The summed E-state index contributed by atoms with van der Waals surface area (Å²) in [5, 5.41) is 4.22. The zero-order chi connectivity index (χ0) is 23.6. The zero-order valence-electron chi connectivity index (χ0n) is 18.6. The molecule has 0 aliphatic carbocycles. The Bertz CT molecular complexity index is 1140. The Hall–Kier alpha value is -3.62. The number of aryl methyl sites for hydroxylation is 2. The normalized spacial score (nSPS) is 13.6. The fraction of sp³-hybridized carbons (Fsp3) is 0.292. The van der Waals surface area contributed by atoms with Gasteiger partial charge in [-0.3, -0.25) is 4.68 Å². The maximum atomic E-state index is 12.6. The third kappa shape index (κ3) is 5.42. The minimum atomic E-state index is -4.22. The van der Waals surface area contributed by atoms with E-state index in [1.165, 1.54) is 12.1 Å². The van der Waals surface area contributed by atoms with Crippen molar-refractivity contribution >= 4 is 11.4 Å². The minimum absolute atomic E-state index is 0.211. The highest BCUT2D eigenvalue weighted by molar-refractivity contribution is 5.66. The Balaban J connectivity index is 1.47. The summed E-state index contributed by atoms with van der Waals surface area (Å²) in [7, 11) is 3.45. The molecular weight excluding hydrogens is 433 g/mol. The second kappa shape index (κ2) is 9.09. The molecule has 0 spiro atoms. The summed E-state index contributed by atoms with van der Waals surface area (Å²) in [5.74, 6) is 1.16. The number of anilines is 2. The van der Waals surface area contributed by atoms with Crippen molar-refractivity contribution in [1.82, 2.24) is 9.78 Å². The number of hydrogen-bond acceptors (Lipinski definition) is 5. The molecule has 6 nitrogen and oxygen atoms in total. The van der Waals surface area contributed by atoms with Crippen LogP contribution in [0.4, 0.5) is 24.5 Å². The fourth-order valence-corrected chi connectivity index (χ4v) is 3.68. The van der Waals surface area contributed by atoms with Crippen molar-refractivity contribution in [3.8, 4) is 11.5 Å². The number of ether oxygens (including phenoxy) is 2. The number of benzene rings is 2. The van der Waals surface area contributed by atoms with Gasteiger partial charge in [0.15, 0.2) is 11.5 Å². The molecule has 1 aliphatic heterocycles. The van der Waals surface area contributed by atoms with E-state index in [0.29, 0.717) is 18.2 Å². The standard InChI is InChI=1S/C24H25F3N4O2/c1-17-10-22(32-3)23(33-15-19-6-4-18(5-7-19)12-24(25,26)27)11-21(17)31-9-8-30(16-31)20-13-28-29(2)14-20/h4-11,13-14H,12,15-16H2,1-3H3. The lowest BCUT2D eigenvalue weighted by molar-refractivity contribution is -0.127. The summed E-state index contributed by atoms with van der Waals surface area (Å²) in [5.41, 5.74) is 3.98. The van der Waals surface area contributed by atoms with Gasteiger partial charge < -0.3 is 19.3 Å². The summed E-state index contributed by atoms with van der Waals surface area (Å²) in [6, 6.07) is 10.1. The third-order valence-corrected chi connectivity index (χ3v) is 5.37. The lowest BCUT2D eigenvalue weighted by Crippen LogP contribution is -2.25. The van der Waals surface area contributed by atoms with Crippen molar-refractivity contribution in [3.63, 3.8) is 0 Å². The van der Waals surface area contributed by atoms with Crippen molar-refractivity contribution < 1.29 is 22.6 Å². The lowest BCUT2D eigenvalue weighted by Gasteiger charge is -2.23. The van der Waals surface area contributed by atoms with Crippen LogP contribution in [0.2, 0.25) is 0 Å². The quantitative estimate of drug-likeness (QED) is 0.488. The molecule has 174 valence electrons. The van der Waals surface area contributed by atoms with E-state index in [0.717, 1.165) is 22.5 Å². The summed E-state index contributed by atoms with van der Waals surface area (Å²) < 4.78 is 50.9. The molecule has 0 N–H and O–H groups in total. The molecule has 3 aromatic rings. The topological polar surface area (TPSA) is 42.8 Å². The molecule has 0 saturated heterocycles. The molecule has 0 saturated carbocycles. The van der Waals surface area contributed by atoms with Crippen LogP contribution in [0, 0.1) is 6.92 Å². The molecule has 1 aliphatic rings. The Labute approximate surface area is 190 Å². The third-order valence-electron chi connectivity index (χ3n) is 5.37. The van der Waals surface area contributed by atoms with Gasteiger partial charge >= 0.3 is 6.18 Å². The first-order chi connectivity index (χ1) is 15.7. The van der Waals surface area contributed by atoms with Crippen LogP contribution in [0.3, 0.4) is 0 Å². The van der Waals surface area contributed by atoms with E-state index in [2.05, 4.69) is 14.9 Å². The van der Waals surface area contributed by atoms with E-state index in [-0.39, 0.29) is 12.2 Å². The summed E-state index contributed by atoms with van der Waals surface area (Å²) in [4.78, 5) is 4.18. The second-order valence-electron chi connectivity index (χ2n) is 7.94. The maximum absolute atomic E-state index is 12.6. The van der Waals surface area contributed by atoms with Crippen LogP contribution in [0.15, 0.2) is 61.2 Å². The van der Waals surface area contributed by atoms with Gasteiger partial charge in [0.2, 0.25) is 0 Å². The molecule has 2 heterocycles. The maximum Gasteiger partial charge on any atom is 0.393 e. The predicted molar refractivity (Wildman–Crippen MR) is 120 cm³/mol. The average molecular weight is 458 g/mol. The van der Waals surface area contributed by atoms with Crippen molar-refractivity contribution in [2.75, 3.05) is 23.6 Å². The largest absolute Gasteiger partial charge is 0.493 e. The molecule has 0 fully saturated rings. The van der Waals surface area contributed by atoms with Gasteiger partial charge in [-0.1, -0.05) is 24.3 Å². The number of alkyl halides is 3. The first-order valence-corrected chi connectivity index (χ1v) is 10.4. The van der Waals surface area contributed by atoms with Gasteiger partial charge in [0, 0.05) is 37.4 Å². The van der Waals surface area contributed by atoms with E-state index in [4.69, 9.17) is 9.47 Å². The van der Waals surface area contributed by atoms with Crippen LogP contribution in [0.25, 0.3) is 0 Å². The van der Waals surface area contributed by atoms with Gasteiger partial charge in [-0.2, -0.15) is 18.3 Å². The summed E-state index contributed by atoms with van der Waals surface area (Å²) in [6.07, 6.45) is 2.57. The first kappa shape index (κ1) is 22.6. The van der Waals surface area contributed by atoms with Crippen molar-refractivity contribution in [3.05, 3.63) is 77.9 Å². The van der Waals surface area contributed by atoms with Crippen molar-refractivity contribution in [1.29, 1.82) is 0 Å². The van der Waals surface area contributed by atoms with E-state index in [1.54, 1.807) is 23.9 Å². The average Bonchev–Trinajstić information content (AvgIpc) is 3.41. The Morgan fingerprint density at radius 1 is 1.00 bits per heavy atom. The highest BCUT2D eigenvalue weighted by Crippen LogP contribution is 2.37. The molecule has 0 radical (unpaired) electrons. The minimum Gasteiger partial charge on any atom is -0.493 e. The molecule has 0 unspecified atom stereocenters. The Morgan fingerprint density at radius 3 is 2.33 bits per heavy atom. The van der Waals surface area contributed by atoms with Crippen LogP contribution < -0.4 is 19.3 Å². The van der Waals surface area contributed by atoms with E-state index >= 15 is 0 Å². The smallest absolute Gasteiger partial charge is 0.393 e. The summed E-state index contributed by atoms with van der Waals surface area (Å²) in [6.45, 7) is 2.84. The molecule has 1 aromatic heterocycles. The lowest BCUT2D eigenvalue weighted by atomic mass is 10.1. The second-order valence-corrected chi connectivity index (χ2v) is 7.94. The van der Waals surface area contributed by atoms with Crippen LogP contribution in [-0.2, 0) is 20.1 Å². The SMILES string of the molecule is COc1cc(C)c(N2C=CN(c3cnn(C)c3)C2)cc1OCc1ccc(CC(F)(F)F)cc1. The number of hydrogen-bond donors (Lipinski definition) is 0. The van der Waals surface area contributed by atoms with Crippen LogP contribution >= 0.6 is 0 Å². The molecule has 0 amide bonds. The van der Waals surface area contributed by atoms with Crippen molar-refractivity contribution in [2.24, 2.45) is 7.05 Å². The molecule has 4 rings (SSSR count). The molecular formula is C24H25F3N4O2. The Kier molecular flexibility index (Phi) is 6.22. The van der Waals surface area contributed by atoms with E-state index in [1.807, 2.05) is 50.9 Å². The van der Waals surface area contributed by atoms with Crippen molar-refractivity contribution in [2.45, 2.75) is 26.1 Å². The molecule has 0 bridgehead atoms. The van der Waals surface area contributed by atoms with Gasteiger partial charge in [-0.15, -0.1) is 0 Å². The first-order valence-electron chi connectivity index (χ1n) is 10.4. The van der Waals surface area contributed by atoms with Gasteiger partial charge in [-0.05, 0) is 29.7 Å². The van der Waals surface area contributed by atoms with Crippen LogP contribution in [0.1, 0.15) is 16.7 Å². The number of halogens is 3. The van der Waals surface area contributed by atoms with Gasteiger partial charge in [0.05, 0.1) is 32.1 Å². The zero-order valence-corrected chi connectivity index (χ0v) is 18.6. The van der Waals surface area contributed by atoms with Crippen LogP contribution in [-0.4, -0.2) is 29.7 Å². The number of nitrogens with zero attached hydrogens (tertiary/aromatic N) is 4. The summed E-state index contributed by atoms with van der Waals surface area (Å²) >= 11 is 0. The number of rotatable bonds is 7. The molecule has 0 atom stereocenters. The van der Waals surface area contributed by atoms with E-state index < -0.39 is 12.6 Å². The Morgan fingerprint density at radius 2 is 1.70 bits per heavy atom. The van der Waals surface area contributed by atoms with Gasteiger partial charge in [0.1, 0.15) is 6.61 Å². The highest BCUT2D eigenvalue weighted by atomic mass is 19.4. The molecule has 2 aromatic carbocycles. The number of methoxy groups -OCH3 is 1.